The molecule has 0 amide bonds. The highest BCUT2D eigenvalue weighted by Gasteiger charge is 1.94. The standard InChI is InChI=1S/C5H7N4S/c1-2-3-4-10-5-6-8-9-7-5/h2,4H,1,3H2,(H,6,7,8,9). The average molecular weight is 155 g/mol. The number of hydrogen-bond donors (Lipinski definition) is 1. The second-order valence-electron chi connectivity index (χ2n) is 1.52. The summed E-state index contributed by atoms with van der Waals surface area (Å²) in [5.41, 5.74) is 0. The van der Waals surface area contributed by atoms with Crippen molar-refractivity contribution in [2.24, 2.45) is 0 Å². The number of allylic oxidation sites excluding steroid dienone is 1. The Morgan fingerprint density at radius 2 is 2.60 bits per heavy atom. The van der Waals surface area contributed by atoms with Crippen molar-refractivity contribution in [2.45, 2.75) is 11.6 Å². The Bertz CT molecular complexity index is 184. The molecular weight excluding hydrogens is 148 g/mol. The van der Waals surface area contributed by atoms with Crippen LogP contribution in [0.3, 0.4) is 0 Å². The molecule has 1 rings (SSSR count). The molecule has 10 heavy (non-hydrogen) atoms. The zero-order valence-corrected chi connectivity index (χ0v) is 6.14. The van der Waals surface area contributed by atoms with Gasteiger partial charge in [-0.3, -0.25) is 0 Å². The third-order valence-electron chi connectivity index (χ3n) is 0.784. The summed E-state index contributed by atoms with van der Waals surface area (Å²) in [4.78, 5) is 0. The van der Waals surface area contributed by atoms with E-state index in [0.29, 0.717) is 5.16 Å². The van der Waals surface area contributed by atoms with Gasteiger partial charge in [-0.1, -0.05) is 17.8 Å². The monoisotopic (exact) mass is 155 g/mol. The van der Waals surface area contributed by atoms with Crippen molar-refractivity contribution < 1.29 is 0 Å². The molecule has 0 unspecified atom stereocenters. The van der Waals surface area contributed by atoms with Gasteiger partial charge in [-0.2, -0.15) is 0 Å². The Morgan fingerprint density at radius 3 is 3.20 bits per heavy atom. The molecule has 0 spiro atoms. The fourth-order valence-corrected chi connectivity index (χ4v) is 0.963. The van der Waals surface area contributed by atoms with Crippen LogP contribution in [0.1, 0.15) is 6.42 Å². The Labute approximate surface area is 63.1 Å². The number of rotatable bonds is 4. The van der Waals surface area contributed by atoms with E-state index in [1.807, 2.05) is 11.8 Å². The topological polar surface area (TPSA) is 54.5 Å². The van der Waals surface area contributed by atoms with E-state index in [4.69, 9.17) is 0 Å². The summed E-state index contributed by atoms with van der Waals surface area (Å²) in [5.74, 6) is 1.97. The molecule has 5 heteroatoms. The minimum atomic E-state index is 0.710. The summed E-state index contributed by atoms with van der Waals surface area (Å²) in [6.07, 6.45) is 2.67. The van der Waals surface area contributed by atoms with E-state index in [1.54, 1.807) is 0 Å². The molecule has 0 aliphatic rings. The number of tetrazole rings is 1. The lowest BCUT2D eigenvalue weighted by molar-refractivity contribution is 0.881. The molecule has 0 bridgehead atoms. The fourth-order valence-electron chi connectivity index (χ4n) is 0.395. The number of H-pyrrole nitrogens is 1. The predicted molar refractivity (Wildman–Crippen MR) is 39.1 cm³/mol. The molecule has 1 N–H and O–H groups in total. The summed E-state index contributed by atoms with van der Waals surface area (Å²) < 4.78 is 0. The maximum atomic E-state index is 3.67. The highest BCUT2D eigenvalue weighted by atomic mass is 32.2. The van der Waals surface area contributed by atoms with Crippen LogP contribution >= 0.6 is 11.8 Å². The van der Waals surface area contributed by atoms with Crippen molar-refractivity contribution in [2.75, 3.05) is 0 Å². The Hall–Kier alpha value is -0.840. The molecule has 0 aromatic carbocycles. The van der Waals surface area contributed by atoms with Gasteiger partial charge in [-0.15, -0.1) is 11.7 Å². The van der Waals surface area contributed by atoms with Crippen LogP contribution in [0.4, 0.5) is 0 Å². The maximum absolute atomic E-state index is 3.67. The zero-order valence-electron chi connectivity index (χ0n) is 5.32. The molecule has 0 saturated heterocycles. The molecule has 4 nitrogen and oxygen atoms in total. The smallest absolute Gasteiger partial charge is 0.207 e. The fraction of sp³-hybridized carbons (Fsp3) is 0.200. The molecule has 0 saturated carbocycles. The van der Waals surface area contributed by atoms with Gasteiger partial charge in [0, 0.05) is 5.75 Å². The van der Waals surface area contributed by atoms with Gasteiger partial charge in [0.1, 0.15) is 0 Å². The molecular formula is C5H7N4S. The summed E-state index contributed by atoms with van der Waals surface area (Å²) >= 11 is 1.46. The minimum Gasteiger partial charge on any atom is -0.234 e. The van der Waals surface area contributed by atoms with Crippen LogP contribution in [0.15, 0.2) is 17.8 Å². The van der Waals surface area contributed by atoms with Crippen LogP contribution in [-0.2, 0) is 0 Å². The molecule has 1 heterocycles. The van der Waals surface area contributed by atoms with Crippen LogP contribution in [0, 0.1) is 5.75 Å². The normalized spacial score (nSPS) is 9.60. The molecule has 1 aromatic heterocycles. The minimum absolute atomic E-state index is 0.710. The van der Waals surface area contributed by atoms with E-state index in [1.165, 1.54) is 11.8 Å². The van der Waals surface area contributed by atoms with E-state index >= 15 is 0 Å². The lowest BCUT2D eigenvalue weighted by atomic mass is 10.5. The number of hydrogen-bond acceptors (Lipinski definition) is 4. The Balaban J connectivity index is 2.21. The first-order valence-electron chi connectivity index (χ1n) is 2.76. The van der Waals surface area contributed by atoms with Crippen molar-refractivity contribution in [1.29, 1.82) is 0 Å². The summed E-state index contributed by atoms with van der Waals surface area (Å²) in [6, 6.07) is 0. The SMILES string of the molecule is C=CC[CH]Sc1nnn[nH]1. The van der Waals surface area contributed by atoms with Gasteiger partial charge in [-0.05, 0) is 16.8 Å². The van der Waals surface area contributed by atoms with Gasteiger partial charge < -0.3 is 0 Å². The van der Waals surface area contributed by atoms with Crippen LogP contribution in [0.5, 0.6) is 0 Å². The van der Waals surface area contributed by atoms with Gasteiger partial charge in [0.15, 0.2) is 0 Å². The molecule has 0 aliphatic carbocycles. The van der Waals surface area contributed by atoms with Crippen molar-refractivity contribution in [1.82, 2.24) is 20.6 Å². The van der Waals surface area contributed by atoms with Crippen molar-refractivity contribution in [3.63, 3.8) is 0 Å². The average Bonchev–Trinajstić information content (AvgIpc) is 2.41. The summed E-state index contributed by atoms with van der Waals surface area (Å²) in [7, 11) is 0. The van der Waals surface area contributed by atoms with E-state index < -0.39 is 0 Å². The number of aromatic amines is 1. The largest absolute Gasteiger partial charge is 0.234 e. The summed E-state index contributed by atoms with van der Waals surface area (Å²) in [5, 5.41) is 13.8. The molecule has 53 valence electrons. The zero-order chi connectivity index (χ0) is 7.23. The van der Waals surface area contributed by atoms with Crippen molar-refractivity contribution in [3.8, 4) is 0 Å². The van der Waals surface area contributed by atoms with E-state index in [2.05, 4.69) is 27.2 Å². The van der Waals surface area contributed by atoms with Crippen LogP contribution < -0.4 is 0 Å². The lowest BCUT2D eigenvalue weighted by Gasteiger charge is -1.88. The number of nitrogens with one attached hydrogen (secondary N) is 1. The molecule has 0 atom stereocenters. The first-order valence-corrected chi connectivity index (χ1v) is 3.64. The number of thioether (sulfide) groups is 1. The lowest BCUT2D eigenvalue weighted by Crippen LogP contribution is -1.73. The number of nitrogens with zero attached hydrogens (tertiary/aromatic N) is 3. The second kappa shape index (κ2) is 4.05. The van der Waals surface area contributed by atoms with Gasteiger partial charge in [0.2, 0.25) is 5.16 Å². The van der Waals surface area contributed by atoms with Crippen LogP contribution in [-0.4, -0.2) is 20.6 Å². The molecule has 1 aromatic rings. The third kappa shape index (κ3) is 2.18. The van der Waals surface area contributed by atoms with Gasteiger partial charge in [0.25, 0.3) is 0 Å². The Kier molecular flexibility index (Phi) is 2.95. The van der Waals surface area contributed by atoms with Crippen LogP contribution in [0.25, 0.3) is 0 Å². The van der Waals surface area contributed by atoms with E-state index in [-0.39, 0.29) is 0 Å². The first kappa shape index (κ1) is 7.27. The molecule has 0 aliphatic heterocycles. The number of aromatic nitrogens is 4. The predicted octanol–water partition coefficient (Wildman–Crippen LogP) is 1.03. The van der Waals surface area contributed by atoms with Gasteiger partial charge in [-0.25, -0.2) is 5.10 Å². The van der Waals surface area contributed by atoms with E-state index in [9.17, 15) is 0 Å². The van der Waals surface area contributed by atoms with Crippen LogP contribution in [0.2, 0.25) is 0 Å². The third-order valence-corrected chi connectivity index (χ3v) is 1.54. The first-order chi connectivity index (χ1) is 4.93. The van der Waals surface area contributed by atoms with Gasteiger partial charge in [0.05, 0.1) is 0 Å². The second-order valence-corrected chi connectivity index (χ2v) is 2.47. The Morgan fingerprint density at radius 1 is 1.70 bits per heavy atom. The van der Waals surface area contributed by atoms with Crippen molar-refractivity contribution >= 4 is 11.8 Å². The highest BCUT2D eigenvalue weighted by Crippen LogP contribution is 2.15. The molecule has 1 radical (unpaired) electrons. The van der Waals surface area contributed by atoms with E-state index in [0.717, 1.165) is 6.42 Å². The van der Waals surface area contributed by atoms with Crippen molar-refractivity contribution in [3.05, 3.63) is 18.4 Å². The quantitative estimate of drug-likeness (QED) is 0.401. The summed E-state index contributed by atoms with van der Waals surface area (Å²) in [6.45, 7) is 3.57. The molecule has 0 fully saturated rings. The maximum Gasteiger partial charge on any atom is 0.207 e. The van der Waals surface area contributed by atoms with Gasteiger partial charge >= 0.3 is 0 Å². The highest BCUT2D eigenvalue weighted by molar-refractivity contribution is 8.01.